The van der Waals surface area contributed by atoms with Gasteiger partial charge < -0.3 is 3.07 Å². The Morgan fingerprint density at radius 2 is 1.57 bits per heavy atom. The number of aldehydes is 1. The number of hydrogen-bond donors (Lipinski definition) is 0. The molecule has 0 amide bonds. The zero-order valence-electron chi connectivity index (χ0n) is 9.08. The standard InChI is InChI=1S/C8H8O.C2H6.CH3IO/c1-7-2-4-8(6-9)5-3-7;1-2;1-3-2/h2-6H,1H3;1-2H3;1H3. The van der Waals surface area contributed by atoms with E-state index >= 15 is 0 Å². The van der Waals surface area contributed by atoms with Gasteiger partial charge in [0.2, 0.25) is 0 Å². The second-order valence-corrected chi connectivity index (χ2v) is 3.06. The van der Waals surface area contributed by atoms with Gasteiger partial charge in [0.25, 0.3) is 0 Å². The van der Waals surface area contributed by atoms with Crippen LogP contribution < -0.4 is 0 Å². The Balaban J connectivity index is 0. The third kappa shape index (κ3) is 9.67. The van der Waals surface area contributed by atoms with Crippen molar-refractivity contribution in [2.45, 2.75) is 20.8 Å². The zero-order valence-corrected chi connectivity index (χ0v) is 11.2. The maximum absolute atomic E-state index is 10.1. The molecule has 0 aliphatic heterocycles. The molecular weight excluding hydrogens is 291 g/mol. The molecule has 0 aliphatic carbocycles. The molecule has 0 saturated carbocycles. The Bertz CT molecular complexity index is 219. The van der Waals surface area contributed by atoms with Crippen LogP contribution in [0, 0.1) is 6.92 Å². The van der Waals surface area contributed by atoms with E-state index in [0.29, 0.717) is 0 Å². The van der Waals surface area contributed by atoms with Crippen LogP contribution in [0.3, 0.4) is 0 Å². The molecule has 1 aromatic rings. The number of hydrogen-bond acceptors (Lipinski definition) is 2. The van der Waals surface area contributed by atoms with Crippen molar-refractivity contribution in [1.82, 2.24) is 0 Å². The Kier molecular flexibility index (Phi) is 14.4. The van der Waals surface area contributed by atoms with Crippen molar-refractivity contribution in [2.24, 2.45) is 0 Å². The molecule has 0 bridgehead atoms. The summed E-state index contributed by atoms with van der Waals surface area (Å²) in [5, 5.41) is 0. The van der Waals surface area contributed by atoms with Crippen molar-refractivity contribution in [1.29, 1.82) is 0 Å². The number of rotatable bonds is 1. The van der Waals surface area contributed by atoms with Gasteiger partial charge in [-0.2, -0.15) is 0 Å². The van der Waals surface area contributed by atoms with E-state index < -0.39 is 0 Å². The summed E-state index contributed by atoms with van der Waals surface area (Å²) in [5.74, 6) is 0. The van der Waals surface area contributed by atoms with Gasteiger partial charge in [0.15, 0.2) is 0 Å². The minimum Gasteiger partial charge on any atom is -0.319 e. The van der Waals surface area contributed by atoms with Crippen LogP contribution in [0.5, 0.6) is 0 Å². The summed E-state index contributed by atoms with van der Waals surface area (Å²) in [4.78, 5) is 10.1. The summed E-state index contributed by atoms with van der Waals surface area (Å²) >= 11 is 1.79. The maximum atomic E-state index is 10.1. The molecule has 0 heterocycles. The summed E-state index contributed by atoms with van der Waals surface area (Å²) < 4.78 is 4.22. The molecule has 0 N–H and O–H groups in total. The number of halogens is 1. The lowest BCUT2D eigenvalue weighted by Crippen LogP contribution is -1.77. The van der Waals surface area contributed by atoms with Gasteiger partial charge in [-0.25, -0.2) is 0 Å². The van der Waals surface area contributed by atoms with Gasteiger partial charge in [0, 0.05) is 12.7 Å². The average Bonchev–Trinajstić information content (AvgIpc) is 2.23. The van der Waals surface area contributed by atoms with E-state index in [2.05, 4.69) is 3.07 Å². The lowest BCUT2D eigenvalue weighted by atomic mass is 10.2. The summed E-state index contributed by atoms with van der Waals surface area (Å²) in [5.41, 5.74) is 1.92. The van der Waals surface area contributed by atoms with Gasteiger partial charge in [-0.05, 0) is 6.92 Å². The molecule has 3 heteroatoms. The van der Waals surface area contributed by atoms with Crippen molar-refractivity contribution in [2.75, 3.05) is 7.11 Å². The lowest BCUT2D eigenvalue weighted by molar-refractivity contribution is 0.112. The quantitative estimate of drug-likeness (QED) is 0.582. The first kappa shape index (κ1) is 16.0. The topological polar surface area (TPSA) is 26.3 Å². The molecule has 0 aliphatic rings. The smallest absolute Gasteiger partial charge is 0.150 e. The van der Waals surface area contributed by atoms with Crippen LogP contribution in [0.1, 0.15) is 29.8 Å². The number of carbonyl (C=O) groups excluding carboxylic acids is 1. The third-order valence-electron chi connectivity index (χ3n) is 1.21. The van der Waals surface area contributed by atoms with E-state index in [1.54, 1.807) is 30.1 Å². The van der Waals surface area contributed by atoms with Crippen LogP contribution in [-0.4, -0.2) is 13.4 Å². The summed E-state index contributed by atoms with van der Waals surface area (Å²) in [6.45, 7) is 5.99. The van der Waals surface area contributed by atoms with E-state index in [1.165, 1.54) is 5.56 Å². The zero-order chi connectivity index (χ0) is 11.4. The molecule has 80 valence electrons. The van der Waals surface area contributed by atoms with Gasteiger partial charge in [-0.15, -0.1) is 0 Å². The minimum atomic E-state index is 0.737. The SMILES string of the molecule is CC.COI.Cc1ccc(C=O)cc1. The number of benzene rings is 1. The predicted octanol–water partition coefficient (Wildman–Crippen LogP) is 3.82. The van der Waals surface area contributed by atoms with Crippen molar-refractivity contribution < 1.29 is 7.86 Å². The van der Waals surface area contributed by atoms with Crippen LogP contribution in [0.2, 0.25) is 0 Å². The van der Waals surface area contributed by atoms with E-state index in [-0.39, 0.29) is 0 Å². The monoisotopic (exact) mass is 308 g/mol. The molecule has 0 atom stereocenters. The highest BCUT2D eigenvalue weighted by atomic mass is 127. The third-order valence-corrected chi connectivity index (χ3v) is 1.21. The van der Waals surface area contributed by atoms with E-state index in [4.69, 9.17) is 0 Å². The first-order valence-electron chi connectivity index (χ1n) is 4.41. The molecule has 0 fully saturated rings. The van der Waals surface area contributed by atoms with Gasteiger partial charge >= 0.3 is 0 Å². The molecule has 2 nitrogen and oxygen atoms in total. The largest absolute Gasteiger partial charge is 0.319 e. The van der Waals surface area contributed by atoms with Gasteiger partial charge in [0.1, 0.15) is 29.3 Å². The van der Waals surface area contributed by atoms with Gasteiger partial charge in [-0.3, -0.25) is 4.79 Å². The maximum Gasteiger partial charge on any atom is 0.150 e. The fourth-order valence-electron chi connectivity index (χ4n) is 0.645. The normalized spacial score (nSPS) is 7.50. The van der Waals surface area contributed by atoms with Crippen molar-refractivity contribution in [3.63, 3.8) is 0 Å². The highest BCUT2D eigenvalue weighted by Gasteiger charge is 1.85. The van der Waals surface area contributed by atoms with Crippen molar-refractivity contribution in [3.8, 4) is 0 Å². The van der Waals surface area contributed by atoms with Crippen molar-refractivity contribution in [3.05, 3.63) is 35.4 Å². The molecule has 0 spiro atoms. The minimum absolute atomic E-state index is 0.737. The van der Waals surface area contributed by atoms with Crippen LogP contribution in [0.15, 0.2) is 24.3 Å². The molecule has 0 saturated heterocycles. The Labute approximate surface area is 100 Å². The fraction of sp³-hybridized carbons (Fsp3) is 0.364. The fourth-order valence-corrected chi connectivity index (χ4v) is 0.645. The van der Waals surface area contributed by atoms with Gasteiger partial charge in [0.05, 0.1) is 0 Å². The van der Waals surface area contributed by atoms with Crippen molar-refractivity contribution >= 4 is 29.3 Å². The van der Waals surface area contributed by atoms with Crippen LogP contribution in [-0.2, 0) is 3.07 Å². The van der Waals surface area contributed by atoms with Crippen LogP contribution in [0.4, 0.5) is 0 Å². The second-order valence-electron chi connectivity index (χ2n) is 2.18. The van der Waals surface area contributed by atoms with Crippen LogP contribution >= 0.6 is 23.0 Å². The highest BCUT2D eigenvalue weighted by Crippen LogP contribution is 1.98. The van der Waals surface area contributed by atoms with Crippen LogP contribution in [0.25, 0.3) is 0 Å². The molecule has 0 unspecified atom stereocenters. The van der Waals surface area contributed by atoms with Gasteiger partial charge in [-0.1, -0.05) is 43.7 Å². The molecule has 0 radical (unpaired) electrons. The molecule has 1 rings (SSSR count). The predicted molar refractivity (Wildman–Crippen MR) is 68.9 cm³/mol. The molecular formula is C11H17IO2. The van der Waals surface area contributed by atoms with E-state index in [1.807, 2.05) is 45.0 Å². The second kappa shape index (κ2) is 12.6. The molecule has 0 aromatic heterocycles. The number of carbonyl (C=O) groups is 1. The summed E-state index contributed by atoms with van der Waals surface area (Å²) in [7, 11) is 1.61. The first-order valence-corrected chi connectivity index (χ1v) is 5.29. The summed E-state index contributed by atoms with van der Waals surface area (Å²) in [6, 6.07) is 7.46. The Hall–Kier alpha value is -0.420. The lowest BCUT2D eigenvalue weighted by Gasteiger charge is -1.89. The summed E-state index contributed by atoms with van der Waals surface area (Å²) in [6.07, 6.45) is 0.847. The number of aryl methyl sites for hydroxylation is 1. The van der Waals surface area contributed by atoms with E-state index in [0.717, 1.165) is 11.8 Å². The van der Waals surface area contributed by atoms with E-state index in [9.17, 15) is 4.79 Å². The average molecular weight is 308 g/mol. The molecule has 1 aromatic carbocycles. The highest BCUT2D eigenvalue weighted by molar-refractivity contribution is 14.1. The molecule has 14 heavy (non-hydrogen) atoms. The first-order chi connectivity index (χ1) is 6.74. The Morgan fingerprint density at radius 1 is 1.21 bits per heavy atom. The Morgan fingerprint density at radius 3 is 1.86 bits per heavy atom.